The van der Waals surface area contributed by atoms with Crippen LogP contribution in [0.15, 0.2) is 22.8 Å². The molecule has 2 atom stereocenters. The standard InChI is InChI=1S/C8H10O3/c9-7-5-10-4-6(7)8-2-1-3-11-8/h1-3,6-7,9H,4-5H2/t6-,7-/m1/s1. The Bertz CT molecular complexity index is 217. The van der Waals surface area contributed by atoms with E-state index in [4.69, 9.17) is 9.15 Å². The zero-order valence-corrected chi connectivity index (χ0v) is 6.06. The van der Waals surface area contributed by atoms with Gasteiger partial charge in [-0.25, -0.2) is 0 Å². The number of aliphatic hydroxyl groups excluding tert-OH is 1. The summed E-state index contributed by atoms with van der Waals surface area (Å²) in [7, 11) is 0. The van der Waals surface area contributed by atoms with Gasteiger partial charge in [-0.05, 0) is 12.1 Å². The first-order chi connectivity index (χ1) is 5.38. The third-order valence-corrected chi connectivity index (χ3v) is 1.96. The third-order valence-electron chi connectivity index (χ3n) is 1.96. The van der Waals surface area contributed by atoms with Gasteiger partial charge in [0, 0.05) is 0 Å². The lowest BCUT2D eigenvalue weighted by Gasteiger charge is -2.07. The minimum atomic E-state index is -0.402. The second-order valence-electron chi connectivity index (χ2n) is 2.73. The predicted octanol–water partition coefficient (Wildman–Crippen LogP) is 0.754. The molecule has 3 heteroatoms. The molecule has 11 heavy (non-hydrogen) atoms. The highest BCUT2D eigenvalue weighted by molar-refractivity contribution is 5.09. The van der Waals surface area contributed by atoms with Crippen molar-refractivity contribution in [3.63, 3.8) is 0 Å². The number of furan rings is 1. The van der Waals surface area contributed by atoms with Crippen LogP contribution in [-0.4, -0.2) is 24.4 Å². The van der Waals surface area contributed by atoms with Crippen molar-refractivity contribution in [2.45, 2.75) is 12.0 Å². The molecule has 1 fully saturated rings. The number of hydrogen-bond donors (Lipinski definition) is 1. The average molecular weight is 154 g/mol. The molecule has 1 aliphatic rings. The van der Waals surface area contributed by atoms with E-state index in [-0.39, 0.29) is 5.92 Å². The maximum Gasteiger partial charge on any atom is 0.111 e. The summed E-state index contributed by atoms with van der Waals surface area (Å²) in [5, 5.41) is 9.38. The molecule has 2 rings (SSSR count). The molecule has 0 amide bonds. The normalized spacial score (nSPS) is 31.0. The van der Waals surface area contributed by atoms with E-state index >= 15 is 0 Å². The van der Waals surface area contributed by atoms with Gasteiger partial charge in [-0.15, -0.1) is 0 Å². The summed E-state index contributed by atoms with van der Waals surface area (Å²) in [6, 6.07) is 3.68. The largest absolute Gasteiger partial charge is 0.469 e. The van der Waals surface area contributed by atoms with Gasteiger partial charge in [0.25, 0.3) is 0 Å². The molecule has 1 saturated heterocycles. The van der Waals surface area contributed by atoms with Gasteiger partial charge in [0.05, 0.1) is 31.5 Å². The molecule has 3 nitrogen and oxygen atoms in total. The van der Waals surface area contributed by atoms with E-state index in [2.05, 4.69) is 0 Å². The Hall–Kier alpha value is -0.800. The van der Waals surface area contributed by atoms with Crippen LogP contribution in [0.25, 0.3) is 0 Å². The first-order valence-electron chi connectivity index (χ1n) is 3.67. The highest BCUT2D eigenvalue weighted by Crippen LogP contribution is 2.25. The van der Waals surface area contributed by atoms with Gasteiger partial charge in [0.2, 0.25) is 0 Å². The highest BCUT2D eigenvalue weighted by Gasteiger charge is 2.29. The lowest BCUT2D eigenvalue weighted by molar-refractivity contribution is 0.123. The Morgan fingerprint density at radius 1 is 1.45 bits per heavy atom. The van der Waals surface area contributed by atoms with Crippen LogP contribution >= 0.6 is 0 Å². The molecule has 0 bridgehead atoms. The number of ether oxygens (including phenoxy) is 1. The van der Waals surface area contributed by atoms with Crippen molar-refractivity contribution < 1.29 is 14.3 Å². The van der Waals surface area contributed by atoms with E-state index < -0.39 is 6.10 Å². The zero-order valence-electron chi connectivity index (χ0n) is 6.06. The fraction of sp³-hybridized carbons (Fsp3) is 0.500. The van der Waals surface area contributed by atoms with Crippen molar-refractivity contribution in [2.75, 3.05) is 13.2 Å². The van der Waals surface area contributed by atoms with Crippen molar-refractivity contribution in [3.8, 4) is 0 Å². The number of rotatable bonds is 1. The summed E-state index contributed by atoms with van der Waals surface area (Å²) in [4.78, 5) is 0. The van der Waals surface area contributed by atoms with Crippen LogP contribution in [0.5, 0.6) is 0 Å². The van der Waals surface area contributed by atoms with Crippen LogP contribution in [0.3, 0.4) is 0 Å². The Morgan fingerprint density at radius 3 is 2.91 bits per heavy atom. The van der Waals surface area contributed by atoms with E-state index in [0.717, 1.165) is 5.76 Å². The van der Waals surface area contributed by atoms with Crippen LogP contribution in [0.4, 0.5) is 0 Å². The van der Waals surface area contributed by atoms with Crippen LogP contribution in [-0.2, 0) is 4.74 Å². The number of hydrogen-bond acceptors (Lipinski definition) is 3. The van der Waals surface area contributed by atoms with Gasteiger partial charge in [0.15, 0.2) is 0 Å². The van der Waals surface area contributed by atoms with Crippen LogP contribution in [0.2, 0.25) is 0 Å². The van der Waals surface area contributed by atoms with Gasteiger partial charge < -0.3 is 14.3 Å². The first kappa shape index (κ1) is 6.88. The molecule has 0 spiro atoms. The Balaban J connectivity index is 2.16. The molecule has 2 heterocycles. The van der Waals surface area contributed by atoms with Crippen molar-refractivity contribution in [1.29, 1.82) is 0 Å². The van der Waals surface area contributed by atoms with E-state index in [1.807, 2.05) is 12.1 Å². The molecular formula is C8H10O3. The molecule has 1 aliphatic heterocycles. The summed E-state index contributed by atoms with van der Waals surface area (Å²) < 4.78 is 10.2. The van der Waals surface area contributed by atoms with E-state index in [9.17, 15) is 5.11 Å². The second kappa shape index (κ2) is 2.68. The maximum atomic E-state index is 9.38. The Kier molecular flexibility index (Phi) is 1.68. The third kappa shape index (κ3) is 1.17. The van der Waals surface area contributed by atoms with Crippen LogP contribution < -0.4 is 0 Å². The molecule has 0 saturated carbocycles. The molecule has 0 aliphatic carbocycles. The first-order valence-corrected chi connectivity index (χ1v) is 3.67. The Labute approximate surface area is 64.6 Å². The fourth-order valence-corrected chi connectivity index (χ4v) is 1.32. The summed E-state index contributed by atoms with van der Waals surface area (Å²) in [5.74, 6) is 0.847. The quantitative estimate of drug-likeness (QED) is 0.649. The second-order valence-corrected chi connectivity index (χ2v) is 2.73. The minimum Gasteiger partial charge on any atom is -0.469 e. The SMILES string of the molecule is O[C@@H]1COC[C@H]1c1ccco1. The summed E-state index contributed by atoms with van der Waals surface area (Å²) in [6.07, 6.45) is 1.21. The molecule has 0 unspecified atom stereocenters. The fourth-order valence-electron chi connectivity index (χ4n) is 1.32. The average Bonchev–Trinajstić information content (AvgIpc) is 2.55. The van der Waals surface area contributed by atoms with Gasteiger partial charge in [-0.2, -0.15) is 0 Å². The molecule has 0 aromatic carbocycles. The van der Waals surface area contributed by atoms with Crippen LogP contribution in [0.1, 0.15) is 11.7 Å². The maximum absolute atomic E-state index is 9.38. The molecule has 1 N–H and O–H groups in total. The topological polar surface area (TPSA) is 42.6 Å². The molecular weight excluding hydrogens is 144 g/mol. The summed E-state index contributed by atoms with van der Waals surface area (Å²) >= 11 is 0. The monoisotopic (exact) mass is 154 g/mol. The lowest BCUT2D eigenvalue weighted by Crippen LogP contribution is -2.14. The molecule has 1 aromatic heterocycles. The van der Waals surface area contributed by atoms with Crippen molar-refractivity contribution in [2.24, 2.45) is 0 Å². The van der Waals surface area contributed by atoms with E-state index in [1.54, 1.807) is 6.26 Å². The van der Waals surface area contributed by atoms with Gasteiger partial charge in [-0.1, -0.05) is 0 Å². The minimum absolute atomic E-state index is 0.0324. The van der Waals surface area contributed by atoms with Gasteiger partial charge in [-0.3, -0.25) is 0 Å². The van der Waals surface area contributed by atoms with Crippen molar-refractivity contribution >= 4 is 0 Å². The zero-order chi connectivity index (χ0) is 7.68. The van der Waals surface area contributed by atoms with Crippen LogP contribution in [0, 0.1) is 0 Å². The molecule has 0 radical (unpaired) electrons. The lowest BCUT2D eigenvalue weighted by atomic mass is 10.0. The summed E-state index contributed by atoms with van der Waals surface area (Å²) in [6.45, 7) is 0.986. The smallest absolute Gasteiger partial charge is 0.111 e. The Morgan fingerprint density at radius 2 is 2.36 bits per heavy atom. The predicted molar refractivity (Wildman–Crippen MR) is 38.3 cm³/mol. The van der Waals surface area contributed by atoms with Gasteiger partial charge >= 0.3 is 0 Å². The molecule has 1 aromatic rings. The highest BCUT2D eigenvalue weighted by atomic mass is 16.5. The van der Waals surface area contributed by atoms with Gasteiger partial charge in [0.1, 0.15) is 5.76 Å². The number of aliphatic hydroxyl groups is 1. The van der Waals surface area contributed by atoms with E-state index in [0.29, 0.717) is 13.2 Å². The summed E-state index contributed by atoms with van der Waals surface area (Å²) in [5.41, 5.74) is 0. The molecule has 60 valence electrons. The van der Waals surface area contributed by atoms with Crippen molar-refractivity contribution in [1.82, 2.24) is 0 Å². The van der Waals surface area contributed by atoms with Crippen molar-refractivity contribution in [3.05, 3.63) is 24.2 Å². The van der Waals surface area contributed by atoms with E-state index in [1.165, 1.54) is 0 Å².